The Morgan fingerprint density at radius 3 is 3.06 bits per heavy atom. The molecule has 1 aromatic carbocycles. The van der Waals surface area contributed by atoms with Crippen LogP contribution in [0.1, 0.15) is 35.2 Å². The molecule has 0 bridgehead atoms. The fourth-order valence-electron chi connectivity index (χ4n) is 2.10. The predicted octanol–water partition coefficient (Wildman–Crippen LogP) is 3.35. The summed E-state index contributed by atoms with van der Waals surface area (Å²) in [7, 11) is 0. The highest BCUT2D eigenvalue weighted by molar-refractivity contribution is 7.99. The van der Waals surface area contributed by atoms with Gasteiger partial charge >= 0.3 is 5.97 Å². The molecule has 1 atom stereocenters. The lowest BCUT2D eigenvalue weighted by molar-refractivity contribution is 0.0696. The number of hydrogen-bond acceptors (Lipinski definition) is 3. The number of aryl methyl sites for hydroxylation is 1. The lowest BCUT2D eigenvalue weighted by Crippen LogP contribution is -2.05. The third-order valence-corrected chi connectivity index (χ3v) is 4.20. The second kappa shape index (κ2) is 6.25. The quantitative estimate of drug-likeness (QED) is 0.830. The van der Waals surface area contributed by atoms with Crippen LogP contribution in [0.5, 0.6) is 0 Å². The highest BCUT2D eigenvalue weighted by Gasteiger charge is 2.15. The number of carboxylic acids is 1. The summed E-state index contributed by atoms with van der Waals surface area (Å²) in [6, 6.07) is 5.62. The van der Waals surface area contributed by atoms with Crippen LogP contribution in [0, 0.1) is 6.92 Å². The summed E-state index contributed by atoms with van der Waals surface area (Å²) in [5, 5.41) is 9.06. The van der Waals surface area contributed by atoms with Gasteiger partial charge in [0.1, 0.15) is 0 Å². The molecule has 98 valence electrons. The van der Waals surface area contributed by atoms with Crippen LogP contribution in [0.15, 0.2) is 23.1 Å². The average Bonchev–Trinajstić information content (AvgIpc) is 2.84. The standard InChI is InChI=1S/C14H18O3S/c1-10-4-5-12(9-13(10)14(15)16)18-8-6-11-3-2-7-17-11/h4-5,9,11H,2-3,6-8H2,1H3,(H,15,16). The van der Waals surface area contributed by atoms with E-state index in [0.29, 0.717) is 11.7 Å². The molecule has 0 aliphatic carbocycles. The van der Waals surface area contributed by atoms with Crippen LogP contribution in [0.25, 0.3) is 0 Å². The van der Waals surface area contributed by atoms with Crippen molar-refractivity contribution in [2.45, 2.75) is 37.2 Å². The molecule has 18 heavy (non-hydrogen) atoms. The minimum absolute atomic E-state index is 0.400. The summed E-state index contributed by atoms with van der Waals surface area (Å²) in [6.07, 6.45) is 3.78. The normalized spacial score (nSPS) is 19.1. The van der Waals surface area contributed by atoms with Crippen LogP contribution in [0.4, 0.5) is 0 Å². The van der Waals surface area contributed by atoms with Crippen LogP contribution >= 0.6 is 11.8 Å². The zero-order chi connectivity index (χ0) is 13.0. The van der Waals surface area contributed by atoms with E-state index >= 15 is 0 Å². The Labute approximate surface area is 112 Å². The molecule has 1 aliphatic rings. The molecule has 1 aromatic rings. The Bertz CT molecular complexity index is 425. The highest BCUT2D eigenvalue weighted by Crippen LogP contribution is 2.25. The summed E-state index contributed by atoms with van der Waals surface area (Å²) in [5.41, 5.74) is 1.21. The number of aromatic carboxylic acids is 1. The van der Waals surface area contributed by atoms with Gasteiger partial charge in [0.2, 0.25) is 0 Å². The summed E-state index contributed by atoms with van der Waals surface area (Å²) in [4.78, 5) is 12.1. The van der Waals surface area contributed by atoms with E-state index in [1.54, 1.807) is 17.8 Å². The number of benzene rings is 1. The maximum absolute atomic E-state index is 11.0. The van der Waals surface area contributed by atoms with E-state index in [0.717, 1.165) is 35.7 Å². The second-order valence-corrected chi connectivity index (χ2v) is 5.72. The van der Waals surface area contributed by atoms with Crippen molar-refractivity contribution in [3.63, 3.8) is 0 Å². The number of hydrogen-bond donors (Lipinski definition) is 1. The van der Waals surface area contributed by atoms with E-state index in [2.05, 4.69) is 0 Å². The van der Waals surface area contributed by atoms with E-state index in [-0.39, 0.29) is 0 Å². The molecule has 1 unspecified atom stereocenters. The van der Waals surface area contributed by atoms with Crippen molar-refractivity contribution < 1.29 is 14.6 Å². The summed E-state index contributed by atoms with van der Waals surface area (Å²) < 4.78 is 5.56. The monoisotopic (exact) mass is 266 g/mol. The molecule has 4 heteroatoms. The first-order valence-electron chi connectivity index (χ1n) is 6.25. The Balaban J connectivity index is 1.88. The molecular formula is C14H18O3S. The van der Waals surface area contributed by atoms with E-state index in [1.165, 1.54) is 6.42 Å². The number of thioether (sulfide) groups is 1. The number of ether oxygens (including phenoxy) is 1. The van der Waals surface area contributed by atoms with Gasteiger partial charge in [-0.3, -0.25) is 0 Å². The van der Waals surface area contributed by atoms with Crippen molar-refractivity contribution in [2.24, 2.45) is 0 Å². The molecule has 0 amide bonds. The molecule has 1 fully saturated rings. The fourth-order valence-corrected chi connectivity index (χ4v) is 3.08. The Morgan fingerprint density at radius 1 is 1.56 bits per heavy atom. The summed E-state index contributed by atoms with van der Waals surface area (Å²) in [5.74, 6) is 0.126. The average molecular weight is 266 g/mol. The smallest absolute Gasteiger partial charge is 0.335 e. The van der Waals surface area contributed by atoms with Gasteiger partial charge in [0.25, 0.3) is 0 Å². The molecule has 2 rings (SSSR count). The van der Waals surface area contributed by atoms with Gasteiger partial charge in [-0.15, -0.1) is 11.8 Å². The van der Waals surface area contributed by atoms with Gasteiger partial charge in [-0.1, -0.05) is 6.07 Å². The topological polar surface area (TPSA) is 46.5 Å². The zero-order valence-electron chi connectivity index (χ0n) is 10.5. The van der Waals surface area contributed by atoms with Gasteiger partial charge in [-0.25, -0.2) is 4.79 Å². The lowest BCUT2D eigenvalue weighted by Gasteiger charge is -2.09. The third kappa shape index (κ3) is 3.50. The van der Waals surface area contributed by atoms with Crippen molar-refractivity contribution >= 4 is 17.7 Å². The first-order valence-corrected chi connectivity index (χ1v) is 7.24. The Morgan fingerprint density at radius 2 is 2.39 bits per heavy atom. The summed E-state index contributed by atoms with van der Waals surface area (Å²) >= 11 is 1.70. The second-order valence-electron chi connectivity index (χ2n) is 4.55. The van der Waals surface area contributed by atoms with E-state index in [1.807, 2.05) is 19.1 Å². The maximum atomic E-state index is 11.0. The fraction of sp³-hybridized carbons (Fsp3) is 0.500. The van der Waals surface area contributed by atoms with Crippen molar-refractivity contribution in [3.05, 3.63) is 29.3 Å². The predicted molar refractivity (Wildman–Crippen MR) is 72.5 cm³/mol. The van der Waals surface area contributed by atoms with Gasteiger partial charge in [-0.05, 0) is 43.9 Å². The van der Waals surface area contributed by atoms with Gasteiger partial charge in [-0.2, -0.15) is 0 Å². The van der Waals surface area contributed by atoms with Crippen LogP contribution in [-0.2, 0) is 4.74 Å². The minimum atomic E-state index is -0.853. The Kier molecular flexibility index (Phi) is 4.66. The van der Waals surface area contributed by atoms with Gasteiger partial charge in [0, 0.05) is 17.3 Å². The van der Waals surface area contributed by atoms with Gasteiger partial charge in [0.15, 0.2) is 0 Å². The van der Waals surface area contributed by atoms with Crippen LogP contribution < -0.4 is 0 Å². The largest absolute Gasteiger partial charge is 0.478 e. The van der Waals surface area contributed by atoms with E-state index < -0.39 is 5.97 Å². The molecule has 0 spiro atoms. The number of carbonyl (C=O) groups is 1. The van der Waals surface area contributed by atoms with Crippen LogP contribution in [-0.4, -0.2) is 29.5 Å². The van der Waals surface area contributed by atoms with Crippen molar-refractivity contribution in [2.75, 3.05) is 12.4 Å². The number of carboxylic acid groups (broad SMARTS) is 1. The zero-order valence-corrected chi connectivity index (χ0v) is 11.3. The molecule has 1 N–H and O–H groups in total. The molecule has 3 nitrogen and oxygen atoms in total. The lowest BCUT2D eigenvalue weighted by atomic mass is 10.1. The van der Waals surface area contributed by atoms with Crippen LogP contribution in [0.3, 0.4) is 0 Å². The molecule has 0 radical (unpaired) electrons. The van der Waals surface area contributed by atoms with Crippen molar-refractivity contribution in [3.8, 4) is 0 Å². The molecule has 1 aliphatic heterocycles. The van der Waals surface area contributed by atoms with Gasteiger partial charge in [0.05, 0.1) is 11.7 Å². The molecule has 0 aromatic heterocycles. The van der Waals surface area contributed by atoms with Crippen molar-refractivity contribution in [1.82, 2.24) is 0 Å². The molecule has 1 heterocycles. The molecule has 1 saturated heterocycles. The Hall–Kier alpha value is -1.00. The first kappa shape index (κ1) is 13.4. The molecule has 0 saturated carbocycles. The van der Waals surface area contributed by atoms with E-state index in [4.69, 9.17) is 9.84 Å². The number of rotatable bonds is 5. The third-order valence-electron chi connectivity index (χ3n) is 3.17. The minimum Gasteiger partial charge on any atom is -0.478 e. The summed E-state index contributed by atoms with van der Waals surface area (Å²) in [6.45, 7) is 2.72. The SMILES string of the molecule is Cc1ccc(SCCC2CCCO2)cc1C(=O)O. The van der Waals surface area contributed by atoms with Crippen LogP contribution in [0.2, 0.25) is 0 Å². The van der Waals surface area contributed by atoms with E-state index in [9.17, 15) is 4.79 Å². The maximum Gasteiger partial charge on any atom is 0.335 e. The first-order chi connectivity index (χ1) is 8.66. The van der Waals surface area contributed by atoms with Gasteiger partial charge < -0.3 is 9.84 Å². The highest BCUT2D eigenvalue weighted by atomic mass is 32.2. The molecular weight excluding hydrogens is 248 g/mol. The van der Waals surface area contributed by atoms with Crippen molar-refractivity contribution in [1.29, 1.82) is 0 Å².